The fraction of sp³-hybridized carbons (Fsp3) is 0.276. The van der Waals surface area contributed by atoms with Gasteiger partial charge in [-0.2, -0.15) is 0 Å². The van der Waals surface area contributed by atoms with Gasteiger partial charge in [-0.05, 0) is 53.9 Å². The summed E-state index contributed by atoms with van der Waals surface area (Å²) in [7, 11) is -2.94. The van der Waals surface area contributed by atoms with Gasteiger partial charge in [0.05, 0.1) is 41.0 Å². The molecule has 2 heterocycles. The average molecular weight is 682 g/mol. The maximum absolute atomic E-state index is 15.7. The molecular weight excluding hydrogens is 653 g/mol. The Morgan fingerprint density at radius 3 is 2.73 bits per heavy atom. The van der Waals surface area contributed by atoms with Gasteiger partial charge in [-0.15, -0.1) is 0 Å². The van der Waals surface area contributed by atoms with Gasteiger partial charge in [0.25, 0.3) is 10.0 Å². The summed E-state index contributed by atoms with van der Waals surface area (Å²) in [5, 5.41) is 18.8. The normalized spacial score (nSPS) is 16.6. The molecule has 1 aliphatic heterocycles. The molecule has 5 rings (SSSR count). The van der Waals surface area contributed by atoms with E-state index in [0.29, 0.717) is 43.0 Å². The molecule has 0 spiro atoms. The Bertz CT molecular complexity index is 1870. The van der Waals surface area contributed by atoms with Crippen LogP contribution in [0.4, 0.5) is 20.4 Å². The van der Waals surface area contributed by atoms with Gasteiger partial charge in [-0.1, -0.05) is 29.3 Å². The fourth-order valence-corrected chi connectivity index (χ4v) is 6.90. The lowest BCUT2D eigenvalue weighted by atomic mass is 10.0. The minimum absolute atomic E-state index is 0.00828. The van der Waals surface area contributed by atoms with Crippen LogP contribution in [-0.2, 0) is 26.2 Å². The highest BCUT2D eigenvalue weighted by Gasteiger charge is 2.30. The summed E-state index contributed by atoms with van der Waals surface area (Å²) in [6.45, 7) is 0.780. The summed E-state index contributed by atoms with van der Waals surface area (Å²) in [5.74, 6) is -1.89. The molecule has 1 fully saturated rings. The molecule has 1 aromatic heterocycles. The lowest BCUT2D eigenvalue weighted by Gasteiger charge is -2.15. The molecule has 3 aromatic carbocycles. The monoisotopic (exact) mass is 680 g/mol. The lowest BCUT2D eigenvalue weighted by Crippen LogP contribution is -2.41. The summed E-state index contributed by atoms with van der Waals surface area (Å²) in [6.07, 6.45) is 2.01. The molecule has 0 bridgehead atoms. The first-order valence-electron chi connectivity index (χ1n) is 13.6. The van der Waals surface area contributed by atoms with Crippen LogP contribution in [0.25, 0.3) is 22.0 Å². The summed E-state index contributed by atoms with van der Waals surface area (Å²) < 4.78 is 64.0. The average Bonchev–Trinajstić information content (AvgIpc) is 3.48. The molecule has 5 N–H and O–H groups in total. The molecule has 2 atom stereocenters. The zero-order valence-corrected chi connectivity index (χ0v) is 26.0. The molecule has 1 saturated heterocycles. The highest BCUT2D eigenvalue weighted by Crippen LogP contribution is 2.35. The van der Waals surface area contributed by atoms with Gasteiger partial charge < -0.3 is 25.8 Å². The topological polar surface area (TPSA) is 155 Å². The second-order valence-electron chi connectivity index (χ2n) is 10.2. The number of amides is 1. The predicted octanol–water partition coefficient (Wildman–Crippen LogP) is 4.08. The van der Waals surface area contributed by atoms with Crippen molar-refractivity contribution in [1.29, 1.82) is 0 Å². The second-order valence-corrected chi connectivity index (χ2v) is 12.7. The maximum Gasteiger partial charge on any atom is 0.263 e. The third-order valence-electron chi connectivity index (χ3n) is 7.13. The molecule has 1 amide bonds. The zero-order chi connectivity index (χ0) is 32.3. The van der Waals surface area contributed by atoms with E-state index in [1.807, 2.05) is 0 Å². The van der Waals surface area contributed by atoms with E-state index < -0.39 is 44.4 Å². The number of benzene rings is 3. The van der Waals surface area contributed by atoms with Crippen molar-refractivity contribution in [3.63, 3.8) is 0 Å². The Morgan fingerprint density at radius 1 is 1.18 bits per heavy atom. The van der Waals surface area contributed by atoms with Gasteiger partial charge in [0.1, 0.15) is 10.7 Å². The van der Waals surface area contributed by atoms with E-state index >= 15 is 4.39 Å². The molecule has 11 nitrogen and oxygen atoms in total. The highest BCUT2D eigenvalue weighted by molar-refractivity contribution is 7.92. The third-order valence-corrected chi connectivity index (χ3v) is 9.30. The molecule has 45 heavy (non-hydrogen) atoms. The number of nitrogens with one attached hydrogen (secondary N) is 4. The molecule has 4 aromatic rings. The Labute approximate surface area is 267 Å². The number of methoxy groups -OCH3 is 1. The van der Waals surface area contributed by atoms with Crippen LogP contribution in [0.5, 0.6) is 0 Å². The van der Waals surface area contributed by atoms with E-state index in [1.54, 1.807) is 13.2 Å². The van der Waals surface area contributed by atoms with E-state index in [9.17, 15) is 22.7 Å². The number of hydrogen-bond acceptors (Lipinski definition) is 9. The van der Waals surface area contributed by atoms with Crippen molar-refractivity contribution >= 4 is 61.7 Å². The van der Waals surface area contributed by atoms with Crippen molar-refractivity contribution in [2.45, 2.75) is 30.0 Å². The first kappa shape index (κ1) is 32.7. The van der Waals surface area contributed by atoms with Crippen LogP contribution >= 0.6 is 23.2 Å². The van der Waals surface area contributed by atoms with Crippen molar-refractivity contribution in [3.05, 3.63) is 75.9 Å². The van der Waals surface area contributed by atoms with Crippen LogP contribution in [0.1, 0.15) is 12.0 Å². The lowest BCUT2D eigenvalue weighted by molar-refractivity contribution is -0.122. The number of nitrogens with zero attached hydrogens (tertiary/aromatic N) is 2. The van der Waals surface area contributed by atoms with E-state index in [0.717, 1.165) is 18.2 Å². The van der Waals surface area contributed by atoms with Crippen molar-refractivity contribution in [1.82, 2.24) is 20.6 Å². The first-order valence-corrected chi connectivity index (χ1v) is 15.9. The SMILES string of the molecule is COCCNC(=O)[C@H]1C[C@H](Nc2ncc3cc(-c4c(F)ccc(NS(=O)(=O)c5cc(Cl)cc(CO)c5Cl)c4F)ccc3n2)CN1. The van der Waals surface area contributed by atoms with Crippen LogP contribution in [0.2, 0.25) is 10.0 Å². The van der Waals surface area contributed by atoms with Crippen molar-refractivity contribution < 1.29 is 31.8 Å². The Kier molecular flexibility index (Phi) is 10.0. The van der Waals surface area contributed by atoms with E-state index in [1.165, 1.54) is 24.4 Å². The van der Waals surface area contributed by atoms with Crippen LogP contribution in [-0.4, -0.2) is 68.3 Å². The molecule has 1 aliphatic rings. The molecule has 0 aliphatic carbocycles. The number of hydrogen-bond donors (Lipinski definition) is 5. The van der Waals surface area contributed by atoms with Gasteiger partial charge in [0.15, 0.2) is 5.82 Å². The van der Waals surface area contributed by atoms with Gasteiger partial charge >= 0.3 is 0 Å². The van der Waals surface area contributed by atoms with Crippen LogP contribution < -0.4 is 20.7 Å². The van der Waals surface area contributed by atoms with E-state index in [4.69, 9.17) is 27.9 Å². The maximum atomic E-state index is 15.7. The number of aliphatic hydroxyl groups is 1. The van der Waals surface area contributed by atoms with Crippen LogP contribution in [0.15, 0.2) is 53.6 Å². The molecule has 238 valence electrons. The molecular formula is C29H28Cl2F2N6O5S. The molecule has 0 radical (unpaired) electrons. The highest BCUT2D eigenvalue weighted by atomic mass is 35.5. The first-order chi connectivity index (χ1) is 21.5. The number of fused-ring (bicyclic) bond motifs is 1. The quantitative estimate of drug-likeness (QED) is 0.147. The third kappa shape index (κ3) is 7.27. The predicted molar refractivity (Wildman–Crippen MR) is 167 cm³/mol. The molecule has 16 heteroatoms. The number of ether oxygens (including phenoxy) is 1. The number of aromatic nitrogens is 2. The molecule has 0 unspecified atom stereocenters. The van der Waals surface area contributed by atoms with Crippen LogP contribution in [0.3, 0.4) is 0 Å². The minimum atomic E-state index is -4.50. The Balaban J connectivity index is 1.35. The van der Waals surface area contributed by atoms with Crippen LogP contribution in [0, 0.1) is 11.6 Å². The number of aliphatic hydroxyl groups excluding tert-OH is 1. The standard InChI is InChI=1S/C29H28Cl2F2N6O5S/c1-44-7-6-34-28(41)23-11-19(13-35-23)37-29-36-12-16-8-15(2-4-21(16)38-29)25-20(32)3-5-22(27(25)33)39-45(42,43)24-10-18(30)9-17(14-40)26(24)31/h2-5,8-10,12,19,23,35,39-40H,6-7,11,13-14H2,1H3,(H,34,41)(H,36,37,38)/t19-,23+/m0/s1. The van der Waals surface area contributed by atoms with Gasteiger partial charge in [-0.3, -0.25) is 9.52 Å². The number of anilines is 2. The minimum Gasteiger partial charge on any atom is -0.392 e. The number of halogens is 4. The zero-order valence-electron chi connectivity index (χ0n) is 23.7. The van der Waals surface area contributed by atoms with Gasteiger partial charge in [-0.25, -0.2) is 27.2 Å². The Hall–Kier alpha value is -3.66. The van der Waals surface area contributed by atoms with Gasteiger partial charge in [0.2, 0.25) is 11.9 Å². The van der Waals surface area contributed by atoms with E-state index in [-0.39, 0.29) is 39.2 Å². The van der Waals surface area contributed by atoms with Gasteiger partial charge in [0, 0.05) is 42.8 Å². The summed E-state index contributed by atoms with van der Waals surface area (Å²) >= 11 is 12.1. The van der Waals surface area contributed by atoms with Crippen molar-refractivity contribution in [2.75, 3.05) is 36.8 Å². The van der Waals surface area contributed by atoms with E-state index in [2.05, 4.69) is 30.6 Å². The van der Waals surface area contributed by atoms with Crippen molar-refractivity contribution in [3.8, 4) is 11.1 Å². The number of sulfonamides is 1. The Morgan fingerprint density at radius 2 is 1.98 bits per heavy atom. The summed E-state index contributed by atoms with van der Waals surface area (Å²) in [5.41, 5.74) is -0.330. The number of carbonyl (C=O) groups is 1. The number of carbonyl (C=O) groups excluding carboxylic acids is 1. The summed E-state index contributed by atoms with van der Waals surface area (Å²) in [6, 6.07) is 8.27. The van der Waals surface area contributed by atoms with Crippen molar-refractivity contribution in [2.24, 2.45) is 0 Å². The largest absolute Gasteiger partial charge is 0.392 e. The fourth-order valence-electron chi connectivity index (χ4n) is 4.91. The second kappa shape index (κ2) is 13.8. The smallest absolute Gasteiger partial charge is 0.263 e. The summed E-state index contributed by atoms with van der Waals surface area (Å²) in [4.78, 5) is 20.6. The molecule has 0 saturated carbocycles. The number of rotatable bonds is 11.